The van der Waals surface area contributed by atoms with Gasteiger partial charge in [0.15, 0.2) is 0 Å². The van der Waals surface area contributed by atoms with Gasteiger partial charge in [0, 0.05) is 47.6 Å². The molecule has 0 aliphatic carbocycles. The van der Waals surface area contributed by atoms with E-state index in [1.807, 2.05) is 53.8 Å². The average Bonchev–Trinajstić information content (AvgIpc) is 3.60. The molecule has 0 saturated heterocycles. The molecule has 10 aromatic rings. The van der Waals surface area contributed by atoms with E-state index in [0.717, 1.165) is 55.7 Å². The second-order valence-corrected chi connectivity index (χ2v) is 14.0. The molecule has 0 radical (unpaired) electrons. The predicted octanol–water partition coefficient (Wildman–Crippen LogP) is 12.8. The van der Waals surface area contributed by atoms with Gasteiger partial charge in [-0.3, -0.25) is 0 Å². The maximum absolute atomic E-state index is 8.95. The molecular weight excluding hydrogens is 641 g/mol. The van der Waals surface area contributed by atoms with E-state index in [1.54, 1.807) is 0 Å². The molecule has 0 atom stereocenters. The Kier molecular flexibility index (Phi) is 5.87. The van der Waals surface area contributed by atoms with Gasteiger partial charge in [0.2, 0.25) is 0 Å². The molecule has 0 N–H and O–H groups in total. The van der Waals surface area contributed by atoms with Crippen LogP contribution in [-0.2, 0) is 0 Å². The Morgan fingerprint density at radius 2 is 1.22 bits per heavy atom. The molecule has 1 aliphatic rings. The molecule has 1 aliphatic heterocycles. The predicted molar refractivity (Wildman–Crippen MR) is 215 cm³/mol. The highest BCUT2D eigenvalue weighted by Crippen LogP contribution is 2.58. The standard InChI is InChI=1S/C46H28N4S/c1-3-15-29(16-4-1)43-35-23-11-13-25-38(35)47-46(48-43)50-44-41(33-21-9-10-22-34(33)45-42(44)36-24-12-14-26-40(36)51-45)37-27-30-17-7-8-18-31(30)28-39(37)49(50)32-19-5-2-6-20-32/h1-28H/i15D. The lowest BCUT2D eigenvalue weighted by Gasteiger charge is -2.43. The number of rotatable bonds is 3. The molecule has 0 spiro atoms. The number of hydrogen-bond acceptors (Lipinski definition) is 5. The summed E-state index contributed by atoms with van der Waals surface area (Å²) in [5.41, 5.74) is 7.69. The Morgan fingerprint density at radius 1 is 0.549 bits per heavy atom. The van der Waals surface area contributed by atoms with Crippen molar-refractivity contribution in [1.29, 1.82) is 0 Å². The van der Waals surface area contributed by atoms with Crippen molar-refractivity contribution in [3.8, 4) is 22.4 Å². The second kappa shape index (κ2) is 11.0. The normalized spacial score (nSPS) is 12.9. The molecule has 0 unspecified atom stereocenters. The van der Waals surface area contributed by atoms with E-state index in [9.17, 15) is 0 Å². The molecule has 238 valence electrons. The number of para-hydroxylation sites is 2. The maximum atomic E-state index is 8.95. The fourth-order valence-corrected chi connectivity index (χ4v) is 9.08. The number of benzene rings is 8. The lowest BCUT2D eigenvalue weighted by Crippen LogP contribution is -2.40. The van der Waals surface area contributed by atoms with Gasteiger partial charge in [0.05, 0.1) is 29.6 Å². The Hall–Kier alpha value is -6.56. The van der Waals surface area contributed by atoms with Crippen molar-refractivity contribution in [2.75, 3.05) is 10.0 Å². The van der Waals surface area contributed by atoms with Crippen molar-refractivity contribution in [3.63, 3.8) is 0 Å². The SMILES string of the molecule is [2H]c1ccccc1-c1nc(N2c3c(c4ccccc4c4sc5ccccc5c34)-c3cc4ccccc4cc3N2c2ccccc2)nc2ccccc12. The first-order chi connectivity index (χ1) is 25.7. The summed E-state index contributed by atoms with van der Waals surface area (Å²) in [6.07, 6.45) is 0. The van der Waals surface area contributed by atoms with Crippen LogP contribution in [-0.4, -0.2) is 9.97 Å². The molecule has 0 fully saturated rings. The van der Waals surface area contributed by atoms with Crippen LogP contribution in [0.4, 0.5) is 23.0 Å². The molecule has 4 nitrogen and oxygen atoms in total. The van der Waals surface area contributed by atoms with Gasteiger partial charge in [0.25, 0.3) is 5.95 Å². The van der Waals surface area contributed by atoms with Crippen LogP contribution in [0.15, 0.2) is 170 Å². The van der Waals surface area contributed by atoms with Crippen molar-refractivity contribution in [1.82, 2.24) is 9.97 Å². The van der Waals surface area contributed by atoms with Gasteiger partial charge in [-0.2, -0.15) is 0 Å². The summed E-state index contributed by atoms with van der Waals surface area (Å²) in [6.45, 7) is 0. The van der Waals surface area contributed by atoms with E-state index in [4.69, 9.17) is 11.3 Å². The van der Waals surface area contributed by atoms with Crippen LogP contribution < -0.4 is 10.0 Å². The first-order valence-corrected chi connectivity index (χ1v) is 17.9. The van der Waals surface area contributed by atoms with Crippen molar-refractivity contribution in [2.24, 2.45) is 0 Å². The van der Waals surface area contributed by atoms with E-state index in [1.165, 1.54) is 36.3 Å². The van der Waals surface area contributed by atoms with Gasteiger partial charge < -0.3 is 0 Å². The number of anilines is 4. The fourth-order valence-electron chi connectivity index (χ4n) is 7.84. The monoisotopic (exact) mass is 669 g/mol. The Bertz CT molecular complexity index is 3060. The minimum absolute atomic E-state index is 0.422. The van der Waals surface area contributed by atoms with Gasteiger partial charge in [-0.05, 0) is 52.6 Å². The molecule has 5 heteroatoms. The summed E-state index contributed by atoms with van der Waals surface area (Å²) >= 11 is 1.84. The third-order valence-electron chi connectivity index (χ3n) is 10.0. The van der Waals surface area contributed by atoms with Crippen LogP contribution >= 0.6 is 11.3 Å². The van der Waals surface area contributed by atoms with E-state index >= 15 is 0 Å². The fraction of sp³-hybridized carbons (Fsp3) is 0. The van der Waals surface area contributed by atoms with Crippen LogP contribution in [0.5, 0.6) is 0 Å². The minimum Gasteiger partial charge on any atom is -0.246 e. The van der Waals surface area contributed by atoms with Gasteiger partial charge in [-0.15, -0.1) is 11.3 Å². The van der Waals surface area contributed by atoms with Crippen LogP contribution in [0.2, 0.25) is 0 Å². The van der Waals surface area contributed by atoms with Crippen LogP contribution in [0, 0.1) is 0 Å². The summed E-state index contributed by atoms with van der Waals surface area (Å²) in [6, 6.07) is 57.6. The Morgan fingerprint density at radius 3 is 2.06 bits per heavy atom. The molecule has 11 rings (SSSR count). The molecule has 2 aromatic heterocycles. The lowest BCUT2D eigenvalue weighted by atomic mass is 9.88. The van der Waals surface area contributed by atoms with Gasteiger partial charge in [-0.25, -0.2) is 20.0 Å². The highest BCUT2D eigenvalue weighted by Gasteiger charge is 2.37. The third kappa shape index (κ3) is 4.19. The first-order valence-electron chi connectivity index (χ1n) is 17.6. The van der Waals surface area contributed by atoms with E-state index in [-0.39, 0.29) is 0 Å². The highest BCUT2D eigenvalue weighted by atomic mass is 32.1. The quantitative estimate of drug-likeness (QED) is 0.187. The number of thiophene rings is 1. The zero-order valence-corrected chi connectivity index (χ0v) is 28.1. The molecule has 0 amide bonds. The Balaban J connectivity index is 1.37. The smallest absolute Gasteiger partial charge is 0.246 e. The zero-order valence-electron chi connectivity index (χ0n) is 28.3. The molecule has 0 bridgehead atoms. The van der Waals surface area contributed by atoms with E-state index in [0.29, 0.717) is 12.0 Å². The minimum atomic E-state index is 0.422. The van der Waals surface area contributed by atoms with E-state index < -0.39 is 0 Å². The number of hydrazine groups is 1. The molecular formula is C46H28N4S. The maximum Gasteiger partial charge on any atom is 0.251 e. The summed E-state index contributed by atoms with van der Waals surface area (Å²) in [7, 11) is 0. The summed E-state index contributed by atoms with van der Waals surface area (Å²) in [5.74, 6) is 0.535. The molecule has 0 saturated carbocycles. The highest BCUT2D eigenvalue weighted by molar-refractivity contribution is 7.26. The number of fused-ring (bicyclic) bond motifs is 12. The molecule has 3 heterocycles. The van der Waals surface area contributed by atoms with Crippen molar-refractivity contribution >= 4 is 87.0 Å². The third-order valence-corrected chi connectivity index (χ3v) is 11.2. The zero-order chi connectivity index (χ0) is 34.3. The number of aromatic nitrogens is 2. The second-order valence-electron chi connectivity index (χ2n) is 12.9. The summed E-state index contributed by atoms with van der Waals surface area (Å²) in [5, 5.41) is 12.6. The van der Waals surface area contributed by atoms with Gasteiger partial charge in [-0.1, -0.05) is 133 Å². The summed E-state index contributed by atoms with van der Waals surface area (Å²) < 4.78 is 11.4. The largest absolute Gasteiger partial charge is 0.251 e. The van der Waals surface area contributed by atoms with Crippen molar-refractivity contribution in [3.05, 3.63) is 170 Å². The molecule has 51 heavy (non-hydrogen) atoms. The van der Waals surface area contributed by atoms with Crippen LogP contribution in [0.25, 0.3) is 75.0 Å². The van der Waals surface area contributed by atoms with Crippen LogP contribution in [0.3, 0.4) is 0 Å². The average molecular weight is 670 g/mol. The first kappa shape index (κ1) is 27.3. The topological polar surface area (TPSA) is 32.3 Å². The van der Waals surface area contributed by atoms with Crippen LogP contribution in [0.1, 0.15) is 1.37 Å². The number of nitrogens with zero attached hydrogens (tertiary/aromatic N) is 4. The molecule has 8 aromatic carbocycles. The van der Waals surface area contributed by atoms with Gasteiger partial charge in [0.1, 0.15) is 0 Å². The summed E-state index contributed by atoms with van der Waals surface area (Å²) in [4.78, 5) is 10.9. The van der Waals surface area contributed by atoms with Crippen molar-refractivity contribution in [2.45, 2.75) is 0 Å². The van der Waals surface area contributed by atoms with Gasteiger partial charge >= 0.3 is 0 Å². The Labute approximate surface area is 299 Å². The number of hydrogen-bond donors (Lipinski definition) is 0. The van der Waals surface area contributed by atoms with Crippen molar-refractivity contribution < 1.29 is 1.37 Å². The lowest BCUT2D eigenvalue weighted by molar-refractivity contribution is 0.932. The van der Waals surface area contributed by atoms with E-state index in [2.05, 4.69) is 131 Å².